The molecule has 2 heterocycles. The molecule has 0 aliphatic heterocycles. The van der Waals surface area contributed by atoms with Crippen LogP contribution >= 0.6 is 0 Å². The number of nitrogens with two attached hydrogens (primary N) is 1. The fourth-order valence-corrected chi connectivity index (χ4v) is 1.84. The van der Waals surface area contributed by atoms with Crippen molar-refractivity contribution in [2.45, 2.75) is 12.5 Å². The summed E-state index contributed by atoms with van der Waals surface area (Å²) in [5.41, 5.74) is 8.07. The molecule has 0 saturated carbocycles. The molecule has 0 bridgehead atoms. The number of pyridine rings is 2. The third-order valence-electron chi connectivity index (χ3n) is 2.74. The molecular weight excluding hydrogens is 212 g/mol. The van der Waals surface area contributed by atoms with Crippen LogP contribution in [0.1, 0.15) is 17.2 Å². The van der Waals surface area contributed by atoms with Gasteiger partial charge in [0, 0.05) is 24.6 Å². The average Bonchev–Trinajstić information content (AvgIpc) is 2.37. The summed E-state index contributed by atoms with van der Waals surface area (Å²) in [6.07, 6.45) is 6.23. The smallest absolute Gasteiger partial charge is 0.123 e. The van der Waals surface area contributed by atoms with Crippen LogP contribution in [0.2, 0.25) is 0 Å². The van der Waals surface area contributed by atoms with Gasteiger partial charge in [0.25, 0.3) is 0 Å². The Morgan fingerprint density at radius 3 is 2.65 bits per heavy atom. The van der Waals surface area contributed by atoms with Crippen molar-refractivity contribution in [2.24, 2.45) is 0 Å². The Balaban J connectivity index is 2.16. The summed E-state index contributed by atoms with van der Waals surface area (Å²) >= 11 is 0. The van der Waals surface area contributed by atoms with E-state index in [1.54, 1.807) is 18.6 Å². The zero-order valence-corrected chi connectivity index (χ0v) is 9.80. The van der Waals surface area contributed by atoms with E-state index in [9.17, 15) is 0 Å². The summed E-state index contributed by atoms with van der Waals surface area (Å²) in [5, 5.41) is 3.30. The van der Waals surface area contributed by atoms with E-state index in [4.69, 9.17) is 5.73 Å². The predicted octanol–water partition coefficient (Wildman–Crippen LogP) is 1.56. The standard InChI is InChI=1S/C13H16N4/c1-15-12(11-3-5-16-6-4-11)8-10-2-7-17-13(14)9-10/h2-7,9,12,15H,8H2,1H3,(H2,14,17). The minimum Gasteiger partial charge on any atom is -0.384 e. The second kappa shape index (κ2) is 5.41. The van der Waals surface area contributed by atoms with Gasteiger partial charge in [-0.25, -0.2) is 4.98 Å². The molecule has 0 aliphatic carbocycles. The number of anilines is 1. The van der Waals surface area contributed by atoms with Crippen LogP contribution in [0.5, 0.6) is 0 Å². The highest BCUT2D eigenvalue weighted by molar-refractivity contribution is 5.33. The molecule has 0 fully saturated rings. The maximum absolute atomic E-state index is 5.67. The van der Waals surface area contributed by atoms with Crippen LogP contribution in [-0.2, 0) is 6.42 Å². The Morgan fingerprint density at radius 2 is 2.00 bits per heavy atom. The first-order valence-corrected chi connectivity index (χ1v) is 5.57. The molecular formula is C13H16N4. The minimum atomic E-state index is 0.264. The van der Waals surface area contributed by atoms with Crippen LogP contribution in [0.25, 0.3) is 0 Å². The van der Waals surface area contributed by atoms with Gasteiger partial charge in [-0.1, -0.05) is 0 Å². The summed E-state index contributed by atoms with van der Waals surface area (Å²) in [6, 6.07) is 8.20. The minimum absolute atomic E-state index is 0.264. The highest BCUT2D eigenvalue weighted by Crippen LogP contribution is 2.17. The van der Waals surface area contributed by atoms with Crippen LogP contribution in [0, 0.1) is 0 Å². The fraction of sp³-hybridized carbons (Fsp3) is 0.231. The molecule has 4 heteroatoms. The molecule has 2 aromatic rings. The zero-order chi connectivity index (χ0) is 12.1. The molecule has 17 heavy (non-hydrogen) atoms. The molecule has 0 spiro atoms. The summed E-state index contributed by atoms with van der Waals surface area (Å²) in [5.74, 6) is 0.562. The van der Waals surface area contributed by atoms with E-state index in [0.29, 0.717) is 5.82 Å². The lowest BCUT2D eigenvalue weighted by Crippen LogP contribution is -2.18. The molecule has 1 unspecified atom stereocenters. The number of hydrogen-bond acceptors (Lipinski definition) is 4. The second-order valence-corrected chi connectivity index (χ2v) is 3.91. The third-order valence-corrected chi connectivity index (χ3v) is 2.74. The summed E-state index contributed by atoms with van der Waals surface area (Å²) in [6.45, 7) is 0. The average molecular weight is 228 g/mol. The van der Waals surface area contributed by atoms with E-state index in [1.165, 1.54) is 11.1 Å². The topological polar surface area (TPSA) is 63.8 Å². The van der Waals surface area contributed by atoms with Gasteiger partial charge in [0.2, 0.25) is 0 Å². The van der Waals surface area contributed by atoms with Crippen molar-refractivity contribution in [3.8, 4) is 0 Å². The molecule has 0 saturated heterocycles. The molecule has 88 valence electrons. The van der Waals surface area contributed by atoms with Crippen molar-refractivity contribution >= 4 is 5.82 Å². The number of nitrogens with zero attached hydrogens (tertiary/aromatic N) is 2. The highest BCUT2D eigenvalue weighted by atomic mass is 14.9. The van der Waals surface area contributed by atoms with Crippen molar-refractivity contribution < 1.29 is 0 Å². The monoisotopic (exact) mass is 228 g/mol. The van der Waals surface area contributed by atoms with Gasteiger partial charge < -0.3 is 11.1 Å². The van der Waals surface area contributed by atoms with Crippen molar-refractivity contribution in [1.29, 1.82) is 0 Å². The number of aromatic nitrogens is 2. The molecule has 0 aliphatic rings. The molecule has 3 N–H and O–H groups in total. The van der Waals surface area contributed by atoms with Crippen LogP contribution in [-0.4, -0.2) is 17.0 Å². The zero-order valence-electron chi connectivity index (χ0n) is 9.80. The van der Waals surface area contributed by atoms with E-state index < -0.39 is 0 Å². The lowest BCUT2D eigenvalue weighted by Gasteiger charge is -2.16. The van der Waals surface area contributed by atoms with Gasteiger partial charge in [-0.05, 0) is 48.9 Å². The molecule has 1 atom stereocenters. The van der Waals surface area contributed by atoms with Crippen LogP contribution in [0.3, 0.4) is 0 Å². The Bertz CT molecular complexity index is 470. The van der Waals surface area contributed by atoms with Crippen molar-refractivity contribution in [3.05, 3.63) is 54.0 Å². The van der Waals surface area contributed by atoms with E-state index in [2.05, 4.69) is 15.3 Å². The Morgan fingerprint density at radius 1 is 1.24 bits per heavy atom. The lowest BCUT2D eigenvalue weighted by atomic mass is 10.0. The number of likely N-dealkylation sites (N-methyl/N-ethyl adjacent to an activating group) is 1. The van der Waals surface area contributed by atoms with E-state index in [0.717, 1.165) is 6.42 Å². The number of rotatable bonds is 4. The normalized spacial score (nSPS) is 12.3. The van der Waals surface area contributed by atoms with Crippen LogP contribution < -0.4 is 11.1 Å². The lowest BCUT2D eigenvalue weighted by molar-refractivity contribution is 0.591. The predicted molar refractivity (Wildman–Crippen MR) is 68.4 cm³/mol. The summed E-state index contributed by atoms with van der Waals surface area (Å²) in [7, 11) is 1.95. The largest absolute Gasteiger partial charge is 0.384 e. The van der Waals surface area contributed by atoms with Gasteiger partial charge >= 0.3 is 0 Å². The second-order valence-electron chi connectivity index (χ2n) is 3.91. The van der Waals surface area contributed by atoms with Gasteiger partial charge in [0.15, 0.2) is 0 Å². The van der Waals surface area contributed by atoms with Crippen molar-refractivity contribution in [1.82, 2.24) is 15.3 Å². The fourth-order valence-electron chi connectivity index (χ4n) is 1.84. The van der Waals surface area contributed by atoms with Gasteiger partial charge in [-0.2, -0.15) is 0 Å². The first-order chi connectivity index (χ1) is 8.29. The molecule has 0 amide bonds. The van der Waals surface area contributed by atoms with Crippen LogP contribution in [0.15, 0.2) is 42.9 Å². The van der Waals surface area contributed by atoms with Gasteiger partial charge in [0.05, 0.1) is 0 Å². The maximum atomic E-state index is 5.67. The van der Waals surface area contributed by atoms with E-state index in [1.807, 2.05) is 31.3 Å². The SMILES string of the molecule is CNC(Cc1ccnc(N)c1)c1ccncc1. The number of nitrogens with one attached hydrogen (secondary N) is 1. The molecule has 0 aromatic carbocycles. The first kappa shape index (κ1) is 11.5. The van der Waals surface area contributed by atoms with Gasteiger partial charge in [-0.15, -0.1) is 0 Å². The van der Waals surface area contributed by atoms with Crippen molar-refractivity contribution in [3.63, 3.8) is 0 Å². The first-order valence-electron chi connectivity index (χ1n) is 5.57. The summed E-state index contributed by atoms with van der Waals surface area (Å²) in [4.78, 5) is 8.02. The number of nitrogen functional groups attached to an aromatic ring is 1. The maximum Gasteiger partial charge on any atom is 0.123 e. The van der Waals surface area contributed by atoms with Gasteiger partial charge in [-0.3, -0.25) is 4.98 Å². The molecule has 2 aromatic heterocycles. The Hall–Kier alpha value is -1.94. The van der Waals surface area contributed by atoms with E-state index in [-0.39, 0.29) is 6.04 Å². The number of hydrogen-bond donors (Lipinski definition) is 2. The van der Waals surface area contributed by atoms with Crippen LogP contribution in [0.4, 0.5) is 5.82 Å². The molecule has 4 nitrogen and oxygen atoms in total. The highest BCUT2D eigenvalue weighted by Gasteiger charge is 2.09. The summed E-state index contributed by atoms with van der Waals surface area (Å²) < 4.78 is 0. The quantitative estimate of drug-likeness (QED) is 0.833. The van der Waals surface area contributed by atoms with Crippen molar-refractivity contribution in [2.75, 3.05) is 12.8 Å². The molecule has 2 rings (SSSR count). The third kappa shape index (κ3) is 3.01. The van der Waals surface area contributed by atoms with E-state index >= 15 is 0 Å². The Kier molecular flexibility index (Phi) is 3.67. The Labute approximate surface area is 101 Å². The molecule has 0 radical (unpaired) electrons. The van der Waals surface area contributed by atoms with Gasteiger partial charge in [0.1, 0.15) is 5.82 Å².